The molecule has 0 spiro atoms. The van der Waals surface area contributed by atoms with Crippen LogP contribution in [-0.2, 0) is 0 Å². The van der Waals surface area contributed by atoms with Crippen LogP contribution in [0.15, 0.2) is 12.1 Å². The molecular formula is C11H18N4O2S. The third-order valence-corrected chi connectivity index (χ3v) is 3.23. The summed E-state index contributed by atoms with van der Waals surface area (Å²) in [7, 11) is 1.69. The molecule has 0 amide bonds. The van der Waals surface area contributed by atoms with Crippen LogP contribution in [0.3, 0.4) is 0 Å². The van der Waals surface area contributed by atoms with E-state index < -0.39 is 4.92 Å². The van der Waals surface area contributed by atoms with Crippen molar-refractivity contribution < 1.29 is 4.92 Å². The minimum atomic E-state index is -0.413. The van der Waals surface area contributed by atoms with Crippen LogP contribution in [0, 0.1) is 10.1 Å². The molecule has 0 saturated heterocycles. The molecule has 1 unspecified atom stereocenters. The van der Waals surface area contributed by atoms with Crippen LogP contribution in [0.4, 0.5) is 17.3 Å². The average Bonchev–Trinajstić information content (AvgIpc) is 2.37. The Morgan fingerprint density at radius 1 is 1.50 bits per heavy atom. The highest BCUT2D eigenvalue weighted by molar-refractivity contribution is 7.98. The third-order valence-electron chi connectivity index (χ3n) is 2.49. The maximum Gasteiger partial charge on any atom is 0.276 e. The van der Waals surface area contributed by atoms with Gasteiger partial charge in [0.25, 0.3) is 5.69 Å². The Morgan fingerprint density at radius 2 is 2.17 bits per heavy atom. The van der Waals surface area contributed by atoms with E-state index in [2.05, 4.69) is 22.5 Å². The molecular weight excluding hydrogens is 252 g/mol. The fraction of sp³-hybridized carbons (Fsp3) is 0.545. The first-order valence-corrected chi connectivity index (χ1v) is 7.09. The van der Waals surface area contributed by atoms with Crippen LogP contribution in [0.2, 0.25) is 0 Å². The smallest absolute Gasteiger partial charge is 0.276 e. The van der Waals surface area contributed by atoms with E-state index in [9.17, 15) is 10.1 Å². The number of nitrogens with one attached hydrogen (secondary N) is 2. The molecule has 0 aliphatic carbocycles. The van der Waals surface area contributed by atoms with Crippen molar-refractivity contribution in [2.45, 2.75) is 19.4 Å². The molecule has 6 nitrogen and oxygen atoms in total. The molecule has 18 heavy (non-hydrogen) atoms. The second-order valence-electron chi connectivity index (χ2n) is 3.81. The van der Waals surface area contributed by atoms with E-state index in [4.69, 9.17) is 0 Å². The van der Waals surface area contributed by atoms with Gasteiger partial charge in [0.2, 0.25) is 0 Å². The second kappa shape index (κ2) is 7.05. The Bertz CT molecular complexity index is 414. The molecule has 100 valence electrons. The number of anilines is 2. The van der Waals surface area contributed by atoms with Gasteiger partial charge >= 0.3 is 0 Å². The highest BCUT2D eigenvalue weighted by Gasteiger charge is 2.13. The molecule has 0 aliphatic rings. The van der Waals surface area contributed by atoms with Crippen molar-refractivity contribution >= 4 is 29.1 Å². The van der Waals surface area contributed by atoms with E-state index in [0.717, 1.165) is 12.2 Å². The maximum absolute atomic E-state index is 10.8. The molecule has 1 rings (SSSR count). The molecule has 1 heterocycles. The molecule has 0 radical (unpaired) electrons. The van der Waals surface area contributed by atoms with Gasteiger partial charge in [-0.1, -0.05) is 6.92 Å². The van der Waals surface area contributed by atoms with Crippen molar-refractivity contribution in [1.29, 1.82) is 0 Å². The normalized spacial score (nSPS) is 11.9. The summed E-state index contributed by atoms with van der Waals surface area (Å²) in [6.07, 6.45) is 2.98. The quantitative estimate of drug-likeness (QED) is 0.585. The summed E-state index contributed by atoms with van der Waals surface area (Å²) in [5.74, 6) is 1.97. The standard InChI is InChI=1S/C11H18N4O2S/c1-4-8(7-18-3)13-11-6-9(15(16)17)5-10(12-2)14-11/h5-6,8H,4,7H2,1-3H3,(H2,12,13,14). The number of nitro groups is 1. The molecule has 0 saturated carbocycles. The Balaban J connectivity index is 2.93. The second-order valence-corrected chi connectivity index (χ2v) is 4.72. The predicted octanol–water partition coefficient (Wildman–Crippen LogP) is 2.58. The van der Waals surface area contributed by atoms with Gasteiger partial charge in [-0.05, 0) is 12.7 Å². The predicted molar refractivity (Wildman–Crippen MR) is 76.5 cm³/mol. The van der Waals surface area contributed by atoms with Crippen molar-refractivity contribution in [3.63, 3.8) is 0 Å². The summed E-state index contributed by atoms with van der Waals surface area (Å²) < 4.78 is 0. The van der Waals surface area contributed by atoms with Crippen molar-refractivity contribution in [3.8, 4) is 0 Å². The van der Waals surface area contributed by atoms with E-state index in [-0.39, 0.29) is 11.7 Å². The summed E-state index contributed by atoms with van der Waals surface area (Å²) in [6.45, 7) is 2.07. The molecule has 0 aromatic carbocycles. The molecule has 2 N–H and O–H groups in total. The number of nitrogens with zero attached hydrogens (tertiary/aromatic N) is 2. The molecule has 1 atom stereocenters. The molecule has 0 fully saturated rings. The van der Waals surface area contributed by atoms with Gasteiger partial charge in [0, 0.05) is 18.8 Å². The van der Waals surface area contributed by atoms with Crippen molar-refractivity contribution in [3.05, 3.63) is 22.2 Å². The summed E-state index contributed by atoms with van der Waals surface area (Å²) in [4.78, 5) is 14.7. The summed E-state index contributed by atoms with van der Waals surface area (Å²) in [5, 5.41) is 16.9. The number of rotatable bonds is 7. The lowest BCUT2D eigenvalue weighted by molar-refractivity contribution is -0.384. The van der Waals surface area contributed by atoms with Crippen molar-refractivity contribution in [2.75, 3.05) is 29.7 Å². The lowest BCUT2D eigenvalue weighted by Crippen LogP contribution is -2.22. The highest BCUT2D eigenvalue weighted by atomic mass is 32.2. The maximum atomic E-state index is 10.8. The van der Waals surface area contributed by atoms with Crippen LogP contribution < -0.4 is 10.6 Å². The first kappa shape index (κ1) is 14.6. The van der Waals surface area contributed by atoms with Crippen molar-refractivity contribution in [2.24, 2.45) is 0 Å². The first-order valence-electron chi connectivity index (χ1n) is 5.70. The molecule has 0 bridgehead atoms. The number of hydrogen-bond acceptors (Lipinski definition) is 6. The molecule has 1 aromatic heterocycles. The van der Waals surface area contributed by atoms with Crippen molar-refractivity contribution in [1.82, 2.24) is 4.98 Å². The lowest BCUT2D eigenvalue weighted by atomic mass is 10.2. The van der Waals surface area contributed by atoms with Crippen LogP contribution in [-0.4, -0.2) is 35.0 Å². The number of aromatic nitrogens is 1. The zero-order valence-electron chi connectivity index (χ0n) is 10.8. The van der Waals surface area contributed by atoms with Crippen LogP contribution >= 0.6 is 11.8 Å². The SMILES string of the molecule is CCC(CSC)Nc1cc([N+](=O)[O-])cc(NC)n1. The minimum Gasteiger partial charge on any atom is -0.373 e. The molecule has 7 heteroatoms. The van der Waals surface area contributed by atoms with E-state index >= 15 is 0 Å². The Hall–Kier alpha value is -1.50. The molecule has 1 aromatic rings. The number of pyridine rings is 1. The van der Waals surface area contributed by atoms with Gasteiger partial charge in [0.1, 0.15) is 11.6 Å². The fourth-order valence-corrected chi connectivity index (χ4v) is 2.22. The summed E-state index contributed by atoms with van der Waals surface area (Å²) in [6, 6.07) is 3.14. The Kier molecular flexibility index (Phi) is 5.70. The third kappa shape index (κ3) is 4.06. The van der Waals surface area contributed by atoms with Gasteiger partial charge in [-0.3, -0.25) is 10.1 Å². The van der Waals surface area contributed by atoms with E-state index in [1.165, 1.54) is 12.1 Å². The average molecular weight is 270 g/mol. The largest absolute Gasteiger partial charge is 0.373 e. The van der Waals surface area contributed by atoms with E-state index in [0.29, 0.717) is 11.6 Å². The van der Waals surface area contributed by atoms with Gasteiger partial charge < -0.3 is 10.6 Å². The first-order chi connectivity index (χ1) is 8.60. The zero-order chi connectivity index (χ0) is 13.5. The Labute approximate surface area is 111 Å². The van der Waals surface area contributed by atoms with Gasteiger partial charge in [0.05, 0.1) is 17.1 Å². The monoisotopic (exact) mass is 270 g/mol. The van der Waals surface area contributed by atoms with E-state index in [1.807, 2.05) is 6.26 Å². The molecule has 0 aliphatic heterocycles. The lowest BCUT2D eigenvalue weighted by Gasteiger charge is -2.16. The van der Waals surface area contributed by atoms with Gasteiger partial charge in [-0.15, -0.1) is 0 Å². The zero-order valence-corrected chi connectivity index (χ0v) is 11.6. The highest BCUT2D eigenvalue weighted by Crippen LogP contribution is 2.21. The summed E-state index contributed by atoms with van der Waals surface area (Å²) in [5.41, 5.74) is 0.0378. The topological polar surface area (TPSA) is 80.1 Å². The van der Waals surface area contributed by atoms with E-state index in [1.54, 1.807) is 18.8 Å². The fourth-order valence-electron chi connectivity index (χ4n) is 1.50. The van der Waals surface area contributed by atoms with Crippen LogP contribution in [0.5, 0.6) is 0 Å². The minimum absolute atomic E-state index is 0.0378. The van der Waals surface area contributed by atoms with Crippen LogP contribution in [0.1, 0.15) is 13.3 Å². The van der Waals surface area contributed by atoms with Gasteiger partial charge in [-0.25, -0.2) is 4.98 Å². The van der Waals surface area contributed by atoms with Gasteiger partial charge in [-0.2, -0.15) is 11.8 Å². The van der Waals surface area contributed by atoms with Crippen LogP contribution in [0.25, 0.3) is 0 Å². The number of hydrogen-bond donors (Lipinski definition) is 2. The Morgan fingerprint density at radius 3 is 2.67 bits per heavy atom. The number of thioether (sulfide) groups is 1. The summed E-state index contributed by atoms with van der Waals surface area (Å²) >= 11 is 1.73. The van der Waals surface area contributed by atoms with Gasteiger partial charge in [0.15, 0.2) is 0 Å².